The Labute approximate surface area is 80.9 Å². The van der Waals surface area contributed by atoms with Gasteiger partial charge < -0.3 is 0 Å². The van der Waals surface area contributed by atoms with Crippen LogP contribution in [0.4, 0.5) is 0 Å². The number of hydrogen-bond donors (Lipinski definition) is 0. The Morgan fingerprint density at radius 3 is 2.00 bits per heavy atom. The van der Waals surface area contributed by atoms with Gasteiger partial charge in [0.2, 0.25) is 0 Å². The molecule has 0 amide bonds. The van der Waals surface area contributed by atoms with Gasteiger partial charge in [0, 0.05) is 0 Å². The molecule has 5 heteroatoms. The predicted molar refractivity (Wildman–Crippen MR) is 44.6 cm³/mol. The van der Waals surface area contributed by atoms with Crippen molar-refractivity contribution in [1.82, 2.24) is 0 Å². The number of hydrogen-bond acceptors (Lipinski definition) is 1. The molecule has 0 fully saturated rings. The Hall–Kier alpha value is 0.773. The molecular weight excluding hydrogens is 286 g/mol. The molecule has 0 aromatic heterocycles. The van der Waals surface area contributed by atoms with Crippen molar-refractivity contribution in [1.29, 1.82) is 0 Å². The van der Waals surface area contributed by atoms with E-state index in [-0.39, 0.29) is 0 Å². The standard InChI is InChI=1S/C6H6O.3ClH.Zr/c7-6-4-2-1-3-5-6;;;;/h1-5,7H;3*1H;/q;;;;+4/p-4. The third-order valence-corrected chi connectivity index (χ3v) is 3.49. The minimum absolute atomic E-state index is 0.628. The van der Waals surface area contributed by atoms with Crippen molar-refractivity contribution < 1.29 is 19.9 Å². The molecule has 1 aromatic carbocycles. The average Bonchev–Trinajstić information content (AvgIpc) is 1.85. The Morgan fingerprint density at radius 2 is 1.55 bits per heavy atom. The van der Waals surface area contributed by atoms with Crippen molar-refractivity contribution in [2.75, 3.05) is 0 Å². The van der Waals surface area contributed by atoms with Gasteiger partial charge in [-0.05, 0) is 0 Å². The van der Waals surface area contributed by atoms with Crippen LogP contribution in [0.1, 0.15) is 0 Å². The quantitative estimate of drug-likeness (QED) is 0.809. The van der Waals surface area contributed by atoms with Gasteiger partial charge in [-0.3, -0.25) is 0 Å². The van der Waals surface area contributed by atoms with Crippen LogP contribution in [0.3, 0.4) is 0 Å². The van der Waals surface area contributed by atoms with E-state index < -0.39 is 17.1 Å². The van der Waals surface area contributed by atoms with Gasteiger partial charge in [0.05, 0.1) is 0 Å². The van der Waals surface area contributed by atoms with Crippen LogP contribution in [0, 0.1) is 0 Å². The maximum atomic E-state index is 5.59. The number of halogens is 3. The molecule has 1 aromatic rings. The van der Waals surface area contributed by atoms with Crippen LogP contribution in [0.2, 0.25) is 0 Å². The molecule has 0 aliphatic heterocycles. The molecule has 60 valence electrons. The van der Waals surface area contributed by atoms with Gasteiger partial charge in [0.25, 0.3) is 0 Å². The van der Waals surface area contributed by atoms with Gasteiger partial charge >= 0.3 is 81.6 Å². The van der Waals surface area contributed by atoms with Crippen molar-refractivity contribution in [3.63, 3.8) is 0 Å². The summed E-state index contributed by atoms with van der Waals surface area (Å²) in [6.07, 6.45) is 0. The van der Waals surface area contributed by atoms with Crippen LogP contribution < -0.4 is 2.81 Å². The SMILES string of the molecule is [Cl][Zr]([Cl])([Cl])[O]c1ccccc1. The second kappa shape index (κ2) is 4.14. The molecule has 0 spiro atoms. The van der Waals surface area contributed by atoms with E-state index in [0.717, 1.165) is 0 Å². The molecular formula is C6H5Cl3OZr. The topological polar surface area (TPSA) is 9.23 Å². The summed E-state index contributed by atoms with van der Waals surface area (Å²) >= 11 is -3.65. The molecule has 0 aliphatic carbocycles. The molecule has 0 saturated heterocycles. The fourth-order valence-electron chi connectivity index (χ4n) is 0.622. The third kappa shape index (κ3) is 4.37. The van der Waals surface area contributed by atoms with Gasteiger partial charge in [-0.1, -0.05) is 0 Å². The molecule has 0 bridgehead atoms. The molecule has 0 unspecified atom stereocenters. The van der Waals surface area contributed by atoms with Crippen LogP contribution in [0.25, 0.3) is 0 Å². The van der Waals surface area contributed by atoms with Crippen LogP contribution in [-0.2, 0) is 17.1 Å². The monoisotopic (exact) mass is 288 g/mol. The fourth-order valence-corrected chi connectivity index (χ4v) is 3.19. The number of benzene rings is 1. The molecule has 0 radical (unpaired) electrons. The summed E-state index contributed by atoms with van der Waals surface area (Å²) in [6, 6.07) is 9.06. The minimum atomic E-state index is -3.65. The summed E-state index contributed by atoms with van der Waals surface area (Å²) < 4.78 is 5.11. The van der Waals surface area contributed by atoms with E-state index in [0.29, 0.717) is 5.75 Å². The molecule has 0 atom stereocenters. The zero-order valence-corrected chi connectivity index (χ0v) is 10.2. The van der Waals surface area contributed by atoms with E-state index >= 15 is 0 Å². The number of para-hydroxylation sites is 1. The van der Waals surface area contributed by atoms with Gasteiger partial charge in [0.1, 0.15) is 0 Å². The van der Waals surface area contributed by atoms with E-state index in [1.54, 1.807) is 12.1 Å². The van der Waals surface area contributed by atoms with E-state index in [1.165, 1.54) is 0 Å². The second-order valence-electron chi connectivity index (χ2n) is 1.86. The van der Waals surface area contributed by atoms with E-state index in [2.05, 4.69) is 0 Å². The average molecular weight is 291 g/mol. The first kappa shape index (κ1) is 9.86. The summed E-state index contributed by atoms with van der Waals surface area (Å²) in [5.41, 5.74) is 0. The van der Waals surface area contributed by atoms with E-state index in [9.17, 15) is 0 Å². The molecule has 1 rings (SSSR count). The summed E-state index contributed by atoms with van der Waals surface area (Å²) in [5.74, 6) is 0.628. The molecule has 0 heterocycles. The fraction of sp³-hybridized carbons (Fsp3) is 0. The molecule has 1 nitrogen and oxygen atoms in total. The zero-order chi connectivity index (χ0) is 8.32. The van der Waals surface area contributed by atoms with Gasteiger partial charge in [-0.2, -0.15) is 0 Å². The summed E-state index contributed by atoms with van der Waals surface area (Å²) in [7, 11) is 16.8. The molecule has 0 saturated carbocycles. The third-order valence-electron chi connectivity index (χ3n) is 0.977. The molecule has 0 N–H and O–H groups in total. The van der Waals surface area contributed by atoms with Crippen molar-refractivity contribution in [3.05, 3.63) is 30.3 Å². The Bertz CT molecular complexity index is 221. The normalized spacial score (nSPS) is 11.2. The maximum absolute atomic E-state index is 5.59. The number of rotatable bonds is 2. The first-order valence-corrected chi connectivity index (χ1v) is 13.4. The second-order valence-corrected chi connectivity index (χ2v) is 17.4. The first-order chi connectivity index (χ1) is 5.08. The van der Waals surface area contributed by atoms with Crippen LogP contribution in [0.5, 0.6) is 5.75 Å². The van der Waals surface area contributed by atoms with E-state index in [4.69, 9.17) is 28.4 Å². The van der Waals surface area contributed by atoms with Gasteiger partial charge in [0.15, 0.2) is 0 Å². The first-order valence-electron chi connectivity index (χ1n) is 2.89. The summed E-state index contributed by atoms with van der Waals surface area (Å²) in [6.45, 7) is 0. The predicted octanol–water partition coefficient (Wildman–Crippen LogP) is 3.60. The van der Waals surface area contributed by atoms with Crippen LogP contribution in [-0.4, -0.2) is 0 Å². The Kier molecular flexibility index (Phi) is 3.71. The van der Waals surface area contributed by atoms with Crippen LogP contribution in [0.15, 0.2) is 30.3 Å². The van der Waals surface area contributed by atoms with Crippen LogP contribution >= 0.6 is 25.5 Å². The molecule has 0 aliphatic rings. The van der Waals surface area contributed by atoms with Gasteiger partial charge in [-0.25, -0.2) is 0 Å². The Morgan fingerprint density at radius 1 is 1.00 bits per heavy atom. The zero-order valence-electron chi connectivity index (χ0n) is 5.43. The summed E-state index contributed by atoms with van der Waals surface area (Å²) in [4.78, 5) is 0. The van der Waals surface area contributed by atoms with Crippen molar-refractivity contribution in [2.24, 2.45) is 0 Å². The van der Waals surface area contributed by atoms with Crippen molar-refractivity contribution in [2.45, 2.75) is 0 Å². The summed E-state index contributed by atoms with van der Waals surface area (Å²) in [5, 5.41) is 0. The Balaban J connectivity index is 2.66. The van der Waals surface area contributed by atoms with Crippen molar-refractivity contribution in [3.8, 4) is 5.75 Å². The van der Waals surface area contributed by atoms with Crippen molar-refractivity contribution >= 4 is 25.5 Å². The van der Waals surface area contributed by atoms with E-state index in [1.807, 2.05) is 18.2 Å². The molecule has 11 heavy (non-hydrogen) atoms. The van der Waals surface area contributed by atoms with Gasteiger partial charge in [-0.15, -0.1) is 0 Å².